The van der Waals surface area contributed by atoms with Gasteiger partial charge < -0.3 is 0 Å². The topological polar surface area (TPSA) is 84.6 Å². The van der Waals surface area contributed by atoms with Gasteiger partial charge in [-0.25, -0.2) is 5.43 Å². The Balaban J connectivity index is 2.13. The molecule has 2 rings (SSSR count). The van der Waals surface area contributed by atoms with Crippen molar-refractivity contribution in [3.63, 3.8) is 0 Å². The molecule has 0 bridgehead atoms. The molecule has 0 aliphatic rings. The van der Waals surface area contributed by atoms with Crippen LogP contribution in [0.5, 0.6) is 0 Å². The maximum atomic E-state index is 11.0. The summed E-state index contributed by atoms with van der Waals surface area (Å²) in [6.07, 6.45) is 1.47. The van der Waals surface area contributed by atoms with E-state index in [0.717, 1.165) is 16.3 Å². The van der Waals surface area contributed by atoms with E-state index < -0.39 is 17.4 Å². The molecule has 0 aliphatic heterocycles. The molecular formula is C13H11N3O3. The van der Waals surface area contributed by atoms with E-state index in [4.69, 9.17) is 0 Å². The SMILES string of the molecule is O=C(C[N+](=O)[O-])N/N=C/c1cccc2ccccc12. The highest BCUT2D eigenvalue weighted by molar-refractivity contribution is 5.99. The summed E-state index contributed by atoms with van der Waals surface area (Å²) in [6.45, 7) is -0.785. The van der Waals surface area contributed by atoms with Crippen LogP contribution in [0, 0.1) is 10.1 Å². The number of nitrogens with zero attached hydrogens (tertiary/aromatic N) is 2. The third-order valence-electron chi connectivity index (χ3n) is 2.49. The molecular weight excluding hydrogens is 246 g/mol. The maximum absolute atomic E-state index is 11.0. The van der Waals surface area contributed by atoms with Crippen LogP contribution in [0.1, 0.15) is 5.56 Å². The molecule has 2 aromatic rings. The number of rotatable bonds is 4. The number of hydrogen-bond acceptors (Lipinski definition) is 4. The Bertz CT molecular complexity index is 647. The second kappa shape index (κ2) is 5.72. The Kier molecular flexibility index (Phi) is 3.82. The molecule has 0 fully saturated rings. The van der Waals surface area contributed by atoms with Gasteiger partial charge in [0.2, 0.25) is 0 Å². The summed E-state index contributed by atoms with van der Waals surface area (Å²) in [5, 5.41) is 15.9. The van der Waals surface area contributed by atoms with Gasteiger partial charge in [-0.1, -0.05) is 42.5 Å². The van der Waals surface area contributed by atoms with Gasteiger partial charge in [0.25, 0.3) is 6.54 Å². The molecule has 0 aromatic heterocycles. The standard InChI is InChI=1S/C13H11N3O3/c17-13(9-16(18)19)15-14-8-11-6-3-5-10-4-1-2-7-12(10)11/h1-8H,9H2,(H,15,17)/b14-8+. The number of hydrazone groups is 1. The van der Waals surface area contributed by atoms with Crippen LogP contribution in [0.4, 0.5) is 0 Å². The number of nitro groups is 1. The van der Waals surface area contributed by atoms with Crippen LogP contribution in [0.15, 0.2) is 47.6 Å². The quantitative estimate of drug-likeness (QED) is 0.512. The van der Waals surface area contributed by atoms with Crippen molar-refractivity contribution in [2.75, 3.05) is 6.54 Å². The number of hydrogen-bond donors (Lipinski definition) is 1. The van der Waals surface area contributed by atoms with E-state index in [2.05, 4.69) is 10.5 Å². The smallest absolute Gasteiger partial charge is 0.265 e. The Morgan fingerprint density at radius 1 is 1.26 bits per heavy atom. The van der Waals surface area contributed by atoms with E-state index in [1.807, 2.05) is 42.5 Å². The summed E-state index contributed by atoms with van der Waals surface area (Å²) < 4.78 is 0. The van der Waals surface area contributed by atoms with E-state index in [0.29, 0.717) is 0 Å². The number of amides is 1. The van der Waals surface area contributed by atoms with Gasteiger partial charge in [-0.05, 0) is 10.8 Å². The predicted molar refractivity (Wildman–Crippen MR) is 71.5 cm³/mol. The lowest BCUT2D eigenvalue weighted by Crippen LogP contribution is -2.25. The van der Waals surface area contributed by atoms with Crippen molar-refractivity contribution in [3.05, 3.63) is 58.1 Å². The lowest BCUT2D eigenvalue weighted by Gasteiger charge is -2.01. The Labute approximate surface area is 108 Å². The van der Waals surface area contributed by atoms with Gasteiger partial charge in [-0.3, -0.25) is 14.9 Å². The van der Waals surface area contributed by atoms with Crippen molar-refractivity contribution in [1.29, 1.82) is 0 Å². The average Bonchev–Trinajstić information content (AvgIpc) is 2.38. The van der Waals surface area contributed by atoms with Gasteiger partial charge in [-0.2, -0.15) is 5.10 Å². The van der Waals surface area contributed by atoms with Crippen LogP contribution in [-0.2, 0) is 4.79 Å². The van der Waals surface area contributed by atoms with Crippen molar-refractivity contribution >= 4 is 22.9 Å². The van der Waals surface area contributed by atoms with Gasteiger partial charge in [0, 0.05) is 10.5 Å². The third kappa shape index (κ3) is 3.35. The zero-order valence-electron chi connectivity index (χ0n) is 9.95. The molecule has 0 unspecified atom stereocenters. The summed E-state index contributed by atoms with van der Waals surface area (Å²) in [4.78, 5) is 20.4. The van der Waals surface area contributed by atoms with Crippen LogP contribution >= 0.6 is 0 Å². The lowest BCUT2D eigenvalue weighted by atomic mass is 10.1. The molecule has 6 nitrogen and oxygen atoms in total. The number of benzene rings is 2. The van der Waals surface area contributed by atoms with Crippen LogP contribution in [0.25, 0.3) is 10.8 Å². The Morgan fingerprint density at radius 2 is 2.00 bits per heavy atom. The summed E-state index contributed by atoms with van der Waals surface area (Å²) in [6, 6.07) is 13.5. The molecule has 96 valence electrons. The molecule has 1 amide bonds. The van der Waals surface area contributed by atoms with E-state index in [1.165, 1.54) is 6.21 Å². The second-order valence-electron chi connectivity index (χ2n) is 3.85. The van der Waals surface area contributed by atoms with Crippen LogP contribution in [0.3, 0.4) is 0 Å². The molecule has 0 heterocycles. The summed E-state index contributed by atoms with van der Waals surface area (Å²) in [7, 11) is 0. The van der Waals surface area contributed by atoms with Gasteiger partial charge in [0.05, 0.1) is 6.21 Å². The number of fused-ring (bicyclic) bond motifs is 1. The molecule has 0 radical (unpaired) electrons. The molecule has 0 aliphatic carbocycles. The first kappa shape index (κ1) is 12.7. The predicted octanol–water partition coefficient (Wildman–Crippen LogP) is 1.57. The minimum absolute atomic E-state index is 0.706. The van der Waals surface area contributed by atoms with E-state index >= 15 is 0 Å². The molecule has 0 saturated heterocycles. The largest absolute Gasteiger partial charge is 0.311 e. The van der Waals surface area contributed by atoms with Crippen LogP contribution in [0.2, 0.25) is 0 Å². The lowest BCUT2D eigenvalue weighted by molar-refractivity contribution is -0.467. The summed E-state index contributed by atoms with van der Waals surface area (Å²) >= 11 is 0. The van der Waals surface area contributed by atoms with Crippen molar-refractivity contribution < 1.29 is 9.72 Å². The third-order valence-corrected chi connectivity index (χ3v) is 2.49. The van der Waals surface area contributed by atoms with Crippen molar-refractivity contribution in [2.24, 2.45) is 5.10 Å². The summed E-state index contributed by atoms with van der Waals surface area (Å²) in [5.74, 6) is -0.749. The fraction of sp³-hybridized carbons (Fsp3) is 0.0769. The number of carbonyl (C=O) groups is 1. The highest BCUT2D eigenvalue weighted by Crippen LogP contribution is 2.16. The fourth-order valence-corrected chi connectivity index (χ4v) is 1.69. The molecule has 0 spiro atoms. The van der Waals surface area contributed by atoms with Gasteiger partial charge in [0.15, 0.2) is 0 Å². The fourth-order valence-electron chi connectivity index (χ4n) is 1.69. The normalized spacial score (nSPS) is 10.7. The molecule has 0 saturated carbocycles. The van der Waals surface area contributed by atoms with Crippen molar-refractivity contribution in [2.45, 2.75) is 0 Å². The van der Waals surface area contributed by atoms with Gasteiger partial charge >= 0.3 is 5.91 Å². The molecule has 2 aromatic carbocycles. The average molecular weight is 257 g/mol. The number of nitrogens with one attached hydrogen (secondary N) is 1. The van der Waals surface area contributed by atoms with E-state index in [9.17, 15) is 14.9 Å². The first-order chi connectivity index (χ1) is 9.16. The molecule has 6 heteroatoms. The number of carbonyl (C=O) groups excluding carboxylic acids is 1. The molecule has 0 atom stereocenters. The minimum Gasteiger partial charge on any atom is -0.265 e. The zero-order chi connectivity index (χ0) is 13.7. The van der Waals surface area contributed by atoms with Gasteiger partial charge in [0.1, 0.15) is 0 Å². The molecule has 19 heavy (non-hydrogen) atoms. The Morgan fingerprint density at radius 3 is 2.79 bits per heavy atom. The molecule has 1 N–H and O–H groups in total. The van der Waals surface area contributed by atoms with E-state index in [-0.39, 0.29) is 0 Å². The van der Waals surface area contributed by atoms with Crippen molar-refractivity contribution in [3.8, 4) is 0 Å². The Hall–Kier alpha value is -2.76. The highest BCUT2D eigenvalue weighted by atomic mass is 16.6. The first-order valence-electron chi connectivity index (χ1n) is 5.58. The first-order valence-corrected chi connectivity index (χ1v) is 5.58. The zero-order valence-corrected chi connectivity index (χ0v) is 9.95. The second-order valence-corrected chi connectivity index (χ2v) is 3.85. The van der Waals surface area contributed by atoms with E-state index in [1.54, 1.807) is 0 Å². The monoisotopic (exact) mass is 257 g/mol. The van der Waals surface area contributed by atoms with Gasteiger partial charge in [-0.15, -0.1) is 0 Å². The summed E-state index contributed by atoms with van der Waals surface area (Å²) in [5.41, 5.74) is 2.95. The maximum Gasteiger partial charge on any atom is 0.311 e. The van der Waals surface area contributed by atoms with Crippen LogP contribution < -0.4 is 5.43 Å². The highest BCUT2D eigenvalue weighted by Gasteiger charge is 2.06. The van der Waals surface area contributed by atoms with Crippen LogP contribution in [-0.4, -0.2) is 23.6 Å². The minimum atomic E-state index is -0.785. The van der Waals surface area contributed by atoms with Crippen molar-refractivity contribution in [1.82, 2.24) is 5.43 Å².